The molecule has 1 aromatic rings. The standard InChI is InChI=1S/C13H21NS/c1-10-7-13(15-11(10)2)9-14-8-12-5-3-4-6-12/h7,12,14H,3-6,8-9H2,1-2H3. The fraction of sp³-hybridized carbons (Fsp3) is 0.692. The summed E-state index contributed by atoms with van der Waals surface area (Å²) in [4.78, 5) is 2.95. The van der Waals surface area contributed by atoms with E-state index in [0.717, 1.165) is 12.5 Å². The molecule has 1 saturated carbocycles. The summed E-state index contributed by atoms with van der Waals surface area (Å²) in [5.41, 5.74) is 1.44. The SMILES string of the molecule is Cc1cc(CNCC2CCCC2)sc1C. The quantitative estimate of drug-likeness (QED) is 0.821. The predicted molar refractivity (Wildman–Crippen MR) is 67.5 cm³/mol. The lowest BCUT2D eigenvalue weighted by molar-refractivity contribution is 0.491. The first kappa shape index (κ1) is 11.2. The average molecular weight is 223 g/mol. The molecule has 84 valence electrons. The maximum atomic E-state index is 3.59. The Balaban J connectivity index is 1.73. The van der Waals surface area contributed by atoms with E-state index in [0.29, 0.717) is 0 Å². The number of aryl methyl sites for hydroxylation is 2. The van der Waals surface area contributed by atoms with Crippen molar-refractivity contribution in [1.82, 2.24) is 5.32 Å². The molecule has 1 nitrogen and oxygen atoms in total. The molecular weight excluding hydrogens is 202 g/mol. The van der Waals surface area contributed by atoms with Crippen LogP contribution in [0.15, 0.2) is 6.07 Å². The fourth-order valence-electron chi connectivity index (χ4n) is 2.35. The third-order valence-corrected chi connectivity index (χ3v) is 4.58. The predicted octanol–water partition coefficient (Wildman–Crippen LogP) is 3.64. The lowest BCUT2D eigenvalue weighted by Crippen LogP contribution is -2.20. The highest BCUT2D eigenvalue weighted by atomic mass is 32.1. The van der Waals surface area contributed by atoms with Crippen LogP contribution in [0.2, 0.25) is 0 Å². The Morgan fingerprint density at radius 3 is 2.67 bits per heavy atom. The molecule has 0 saturated heterocycles. The highest BCUT2D eigenvalue weighted by Crippen LogP contribution is 2.24. The monoisotopic (exact) mass is 223 g/mol. The van der Waals surface area contributed by atoms with Gasteiger partial charge in [0.05, 0.1) is 0 Å². The second-order valence-corrected chi connectivity index (χ2v) is 6.07. The Kier molecular flexibility index (Phi) is 3.81. The molecule has 1 aliphatic rings. The Labute approximate surface area is 96.9 Å². The molecule has 0 unspecified atom stereocenters. The molecule has 0 bridgehead atoms. The highest BCUT2D eigenvalue weighted by molar-refractivity contribution is 7.12. The van der Waals surface area contributed by atoms with Crippen molar-refractivity contribution in [3.8, 4) is 0 Å². The van der Waals surface area contributed by atoms with Crippen LogP contribution in [0.5, 0.6) is 0 Å². The van der Waals surface area contributed by atoms with E-state index < -0.39 is 0 Å². The van der Waals surface area contributed by atoms with Gasteiger partial charge in [-0.05, 0) is 50.8 Å². The van der Waals surface area contributed by atoms with Crippen LogP contribution in [-0.4, -0.2) is 6.54 Å². The largest absolute Gasteiger partial charge is 0.312 e. The minimum Gasteiger partial charge on any atom is -0.312 e. The van der Waals surface area contributed by atoms with E-state index >= 15 is 0 Å². The van der Waals surface area contributed by atoms with Crippen molar-refractivity contribution < 1.29 is 0 Å². The van der Waals surface area contributed by atoms with Crippen LogP contribution in [0.25, 0.3) is 0 Å². The molecule has 1 heterocycles. The summed E-state index contributed by atoms with van der Waals surface area (Å²) in [6.45, 7) is 6.69. The van der Waals surface area contributed by atoms with Gasteiger partial charge in [0.1, 0.15) is 0 Å². The number of hydrogen-bond donors (Lipinski definition) is 1. The van der Waals surface area contributed by atoms with E-state index in [9.17, 15) is 0 Å². The lowest BCUT2D eigenvalue weighted by atomic mass is 10.1. The summed E-state index contributed by atoms with van der Waals surface area (Å²) in [6, 6.07) is 2.32. The molecule has 0 radical (unpaired) electrons. The van der Waals surface area contributed by atoms with Crippen molar-refractivity contribution in [3.05, 3.63) is 21.4 Å². The summed E-state index contributed by atoms with van der Waals surface area (Å²) < 4.78 is 0. The van der Waals surface area contributed by atoms with Crippen molar-refractivity contribution >= 4 is 11.3 Å². The van der Waals surface area contributed by atoms with Gasteiger partial charge in [0.15, 0.2) is 0 Å². The van der Waals surface area contributed by atoms with Gasteiger partial charge in [-0.2, -0.15) is 0 Å². The zero-order valence-corrected chi connectivity index (χ0v) is 10.6. The van der Waals surface area contributed by atoms with Gasteiger partial charge in [-0.25, -0.2) is 0 Å². The van der Waals surface area contributed by atoms with Gasteiger partial charge in [0, 0.05) is 16.3 Å². The Bertz CT molecular complexity index is 291. The maximum Gasteiger partial charge on any atom is 0.0300 e. The van der Waals surface area contributed by atoms with Crippen LogP contribution in [0.1, 0.15) is 41.0 Å². The smallest absolute Gasteiger partial charge is 0.0300 e. The van der Waals surface area contributed by atoms with Crippen LogP contribution in [-0.2, 0) is 6.54 Å². The van der Waals surface area contributed by atoms with Crippen LogP contribution < -0.4 is 5.32 Å². The normalized spacial score (nSPS) is 17.5. The minimum atomic E-state index is 0.951. The number of thiophene rings is 1. The Morgan fingerprint density at radius 1 is 1.33 bits per heavy atom. The molecule has 15 heavy (non-hydrogen) atoms. The molecule has 0 amide bonds. The molecule has 1 fully saturated rings. The molecule has 0 atom stereocenters. The molecule has 0 spiro atoms. The fourth-order valence-corrected chi connectivity index (χ4v) is 3.37. The van der Waals surface area contributed by atoms with Crippen LogP contribution >= 0.6 is 11.3 Å². The first-order chi connectivity index (χ1) is 7.25. The highest BCUT2D eigenvalue weighted by Gasteiger charge is 2.14. The molecule has 1 aromatic heterocycles. The van der Waals surface area contributed by atoms with Crippen LogP contribution in [0.3, 0.4) is 0 Å². The molecule has 2 rings (SSSR count). The van der Waals surface area contributed by atoms with E-state index in [4.69, 9.17) is 0 Å². The summed E-state index contributed by atoms with van der Waals surface area (Å²) in [7, 11) is 0. The number of nitrogens with one attached hydrogen (secondary N) is 1. The third kappa shape index (κ3) is 3.05. The molecule has 0 aliphatic heterocycles. The first-order valence-corrected chi connectivity index (χ1v) is 6.84. The topological polar surface area (TPSA) is 12.0 Å². The molecular formula is C13H21NS. The third-order valence-electron chi connectivity index (χ3n) is 3.42. The summed E-state index contributed by atoms with van der Waals surface area (Å²) in [5.74, 6) is 0.951. The van der Waals surface area contributed by atoms with Crippen molar-refractivity contribution in [3.63, 3.8) is 0 Å². The van der Waals surface area contributed by atoms with Gasteiger partial charge in [-0.3, -0.25) is 0 Å². The number of hydrogen-bond acceptors (Lipinski definition) is 2. The molecule has 0 aromatic carbocycles. The average Bonchev–Trinajstić information content (AvgIpc) is 2.79. The Hall–Kier alpha value is -0.340. The molecule has 2 heteroatoms. The zero-order valence-electron chi connectivity index (χ0n) is 9.81. The van der Waals surface area contributed by atoms with Crippen molar-refractivity contribution in [2.45, 2.75) is 46.1 Å². The van der Waals surface area contributed by atoms with Gasteiger partial charge in [-0.1, -0.05) is 12.8 Å². The Morgan fingerprint density at radius 2 is 2.07 bits per heavy atom. The second kappa shape index (κ2) is 5.13. The first-order valence-electron chi connectivity index (χ1n) is 6.02. The second-order valence-electron chi connectivity index (χ2n) is 4.73. The zero-order chi connectivity index (χ0) is 10.7. The van der Waals surface area contributed by atoms with E-state index in [2.05, 4.69) is 25.2 Å². The summed E-state index contributed by atoms with van der Waals surface area (Å²) >= 11 is 1.93. The lowest BCUT2D eigenvalue weighted by Gasteiger charge is -2.09. The van der Waals surface area contributed by atoms with Gasteiger partial charge in [0.2, 0.25) is 0 Å². The summed E-state index contributed by atoms with van der Waals surface area (Å²) in [6.07, 6.45) is 5.78. The van der Waals surface area contributed by atoms with Crippen LogP contribution in [0.4, 0.5) is 0 Å². The number of rotatable bonds is 4. The van der Waals surface area contributed by atoms with E-state index in [1.807, 2.05) is 11.3 Å². The van der Waals surface area contributed by atoms with Gasteiger partial charge in [0.25, 0.3) is 0 Å². The van der Waals surface area contributed by atoms with Crippen molar-refractivity contribution in [2.24, 2.45) is 5.92 Å². The molecule has 1 N–H and O–H groups in total. The van der Waals surface area contributed by atoms with Gasteiger partial charge >= 0.3 is 0 Å². The molecule has 1 aliphatic carbocycles. The van der Waals surface area contributed by atoms with E-state index in [1.54, 1.807) is 0 Å². The van der Waals surface area contributed by atoms with Crippen LogP contribution in [0, 0.1) is 19.8 Å². The van der Waals surface area contributed by atoms with E-state index in [-0.39, 0.29) is 0 Å². The van der Waals surface area contributed by atoms with Gasteiger partial charge in [-0.15, -0.1) is 11.3 Å². The summed E-state index contributed by atoms with van der Waals surface area (Å²) in [5, 5.41) is 3.59. The van der Waals surface area contributed by atoms with Crippen molar-refractivity contribution in [2.75, 3.05) is 6.54 Å². The minimum absolute atomic E-state index is 0.951. The van der Waals surface area contributed by atoms with E-state index in [1.165, 1.54) is 47.5 Å². The van der Waals surface area contributed by atoms with Crippen molar-refractivity contribution in [1.29, 1.82) is 0 Å². The van der Waals surface area contributed by atoms with Gasteiger partial charge < -0.3 is 5.32 Å². The maximum absolute atomic E-state index is 3.59.